The summed E-state index contributed by atoms with van der Waals surface area (Å²) in [7, 11) is 1.60. The summed E-state index contributed by atoms with van der Waals surface area (Å²) < 4.78 is 5.25. The topological polar surface area (TPSA) is 46.5 Å². The fourth-order valence-corrected chi connectivity index (χ4v) is 1.83. The summed E-state index contributed by atoms with van der Waals surface area (Å²) in [5.74, 6) is 0.224. The quantitative estimate of drug-likeness (QED) is 0.790. The predicted molar refractivity (Wildman–Crippen MR) is 61.3 cm³/mol. The van der Waals surface area contributed by atoms with E-state index in [4.69, 9.17) is 9.84 Å². The average Bonchev–Trinajstić information content (AvgIpc) is 3.09. The number of para-hydroxylation sites is 1. The molecular weight excluding hydrogens is 204 g/mol. The van der Waals surface area contributed by atoms with Crippen LogP contribution in [0.3, 0.4) is 0 Å². The number of allylic oxidation sites excluding steroid dienone is 1. The number of rotatable bonds is 4. The molecule has 16 heavy (non-hydrogen) atoms. The Morgan fingerprint density at radius 2 is 2.12 bits per heavy atom. The molecule has 0 amide bonds. The molecule has 0 saturated heterocycles. The zero-order chi connectivity index (χ0) is 11.5. The van der Waals surface area contributed by atoms with Crippen LogP contribution in [-0.2, 0) is 4.79 Å². The lowest BCUT2D eigenvalue weighted by atomic mass is 10.00. The van der Waals surface area contributed by atoms with Gasteiger partial charge in [0.15, 0.2) is 0 Å². The zero-order valence-corrected chi connectivity index (χ0v) is 9.14. The molecule has 1 aliphatic carbocycles. The van der Waals surface area contributed by atoms with E-state index in [1.165, 1.54) is 6.08 Å². The summed E-state index contributed by atoms with van der Waals surface area (Å²) in [5, 5.41) is 8.87. The number of benzene rings is 1. The van der Waals surface area contributed by atoms with Gasteiger partial charge in [-0.1, -0.05) is 18.2 Å². The summed E-state index contributed by atoms with van der Waals surface area (Å²) in [6, 6.07) is 7.54. The molecular formula is C13H14O3. The van der Waals surface area contributed by atoms with Crippen LogP contribution < -0.4 is 4.74 Å². The fraction of sp³-hybridized carbons (Fsp3) is 0.308. The monoisotopic (exact) mass is 218 g/mol. The average molecular weight is 218 g/mol. The van der Waals surface area contributed by atoms with E-state index in [2.05, 4.69) is 0 Å². The third kappa shape index (κ3) is 2.24. The molecule has 0 aromatic heterocycles. The van der Waals surface area contributed by atoms with Crippen molar-refractivity contribution >= 4 is 11.5 Å². The molecule has 2 rings (SSSR count). The second-order valence-electron chi connectivity index (χ2n) is 3.91. The normalized spacial score (nSPS) is 15.9. The van der Waals surface area contributed by atoms with Crippen molar-refractivity contribution in [3.05, 3.63) is 35.9 Å². The van der Waals surface area contributed by atoms with Crippen LogP contribution in [0.1, 0.15) is 18.4 Å². The molecule has 84 valence electrons. The fourth-order valence-electron chi connectivity index (χ4n) is 1.83. The molecule has 0 spiro atoms. The van der Waals surface area contributed by atoms with E-state index in [-0.39, 0.29) is 0 Å². The van der Waals surface area contributed by atoms with E-state index in [0.29, 0.717) is 5.92 Å². The lowest BCUT2D eigenvalue weighted by Gasteiger charge is -2.10. The maximum atomic E-state index is 10.8. The Hall–Kier alpha value is -1.77. The standard InChI is InChI=1S/C13H14O3/c1-16-12-5-3-2-4-10(12)11(8-13(14)15)9-6-7-9/h2-5,8-9H,6-7H2,1H3,(H,14,15)/b11-8+. The second-order valence-corrected chi connectivity index (χ2v) is 3.91. The van der Waals surface area contributed by atoms with Crippen LogP contribution in [0, 0.1) is 5.92 Å². The van der Waals surface area contributed by atoms with Crippen LogP contribution >= 0.6 is 0 Å². The van der Waals surface area contributed by atoms with Gasteiger partial charge < -0.3 is 9.84 Å². The summed E-state index contributed by atoms with van der Waals surface area (Å²) >= 11 is 0. The summed E-state index contributed by atoms with van der Waals surface area (Å²) in [6.07, 6.45) is 3.43. The highest BCUT2D eigenvalue weighted by atomic mass is 16.5. The lowest BCUT2D eigenvalue weighted by molar-refractivity contribution is -0.131. The van der Waals surface area contributed by atoms with Crippen LogP contribution in [0.5, 0.6) is 5.75 Å². The Labute approximate surface area is 94.4 Å². The van der Waals surface area contributed by atoms with Crippen molar-refractivity contribution < 1.29 is 14.6 Å². The van der Waals surface area contributed by atoms with Crippen molar-refractivity contribution in [2.75, 3.05) is 7.11 Å². The van der Waals surface area contributed by atoms with Crippen molar-refractivity contribution in [3.63, 3.8) is 0 Å². The van der Waals surface area contributed by atoms with Gasteiger partial charge in [-0.15, -0.1) is 0 Å². The molecule has 1 fully saturated rings. The van der Waals surface area contributed by atoms with Gasteiger partial charge in [0, 0.05) is 11.6 Å². The number of carbonyl (C=O) groups is 1. The number of carboxylic acids is 1. The second kappa shape index (κ2) is 4.39. The van der Waals surface area contributed by atoms with Gasteiger partial charge in [-0.2, -0.15) is 0 Å². The summed E-state index contributed by atoms with van der Waals surface area (Å²) in [4.78, 5) is 10.8. The molecule has 0 bridgehead atoms. The minimum absolute atomic E-state index is 0.382. The first-order valence-electron chi connectivity index (χ1n) is 5.30. The SMILES string of the molecule is COc1ccccc1/C(=C/C(=O)O)C1CC1. The van der Waals surface area contributed by atoms with Gasteiger partial charge in [-0.3, -0.25) is 0 Å². The van der Waals surface area contributed by atoms with Crippen LogP contribution in [0.15, 0.2) is 30.3 Å². The van der Waals surface area contributed by atoms with Crippen molar-refractivity contribution in [1.29, 1.82) is 0 Å². The van der Waals surface area contributed by atoms with Crippen LogP contribution in [-0.4, -0.2) is 18.2 Å². The largest absolute Gasteiger partial charge is 0.496 e. The van der Waals surface area contributed by atoms with Gasteiger partial charge in [0.05, 0.1) is 7.11 Å². The third-order valence-corrected chi connectivity index (χ3v) is 2.71. The van der Waals surface area contributed by atoms with Gasteiger partial charge in [-0.05, 0) is 30.4 Å². The van der Waals surface area contributed by atoms with E-state index in [9.17, 15) is 4.79 Å². The molecule has 1 aromatic rings. The first kappa shape index (κ1) is 10.7. The van der Waals surface area contributed by atoms with E-state index in [1.807, 2.05) is 24.3 Å². The Balaban J connectivity index is 2.42. The molecule has 0 heterocycles. The number of carboxylic acid groups (broad SMARTS) is 1. The third-order valence-electron chi connectivity index (χ3n) is 2.71. The number of methoxy groups -OCH3 is 1. The molecule has 0 radical (unpaired) electrons. The highest BCUT2D eigenvalue weighted by Crippen LogP contribution is 2.44. The first-order chi connectivity index (χ1) is 7.72. The van der Waals surface area contributed by atoms with Gasteiger partial charge in [-0.25, -0.2) is 4.79 Å². The number of ether oxygens (including phenoxy) is 1. The molecule has 1 saturated carbocycles. The van der Waals surface area contributed by atoms with Crippen LogP contribution in [0.25, 0.3) is 5.57 Å². The molecule has 1 aromatic carbocycles. The van der Waals surface area contributed by atoms with Crippen LogP contribution in [0.4, 0.5) is 0 Å². The lowest BCUT2D eigenvalue weighted by Crippen LogP contribution is -1.97. The minimum Gasteiger partial charge on any atom is -0.496 e. The van der Waals surface area contributed by atoms with Gasteiger partial charge >= 0.3 is 5.97 Å². The van der Waals surface area contributed by atoms with Gasteiger partial charge in [0.2, 0.25) is 0 Å². The number of hydrogen-bond acceptors (Lipinski definition) is 2. The van der Waals surface area contributed by atoms with Crippen LogP contribution in [0.2, 0.25) is 0 Å². The van der Waals surface area contributed by atoms with Crippen molar-refractivity contribution in [2.45, 2.75) is 12.8 Å². The molecule has 1 aliphatic rings. The molecule has 0 aliphatic heterocycles. The molecule has 3 heteroatoms. The maximum Gasteiger partial charge on any atom is 0.328 e. The summed E-state index contributed by atoms with van der Waals surface area (Å²) in [5.41, 5.74) is 1.78. The van der Waals surface area contributed by atoms with E-state index >= 15 is 0 Å². The van der Waals surface area contributed by atoms with Crippen molar-refractivity contribution in [3.8, 4) is 5.75 Å². The molecule has 3 nitrogen and oxygen atoms in total. The first-order valence-corrected chi connectivity index (χ1v) is 5.30. The van der Waals surface area contributed by atoms with Gasteiger partial charge in [0.25, 0.3) is 0 Å². The van der Waals surface area contributed by atoms with Crippen molar-refractivity contribution in [2.24, 2.45) is 5.92 Å². The Morgan fingerprint density at radius 1 is 1.44 bits per heavy atom. The minimum atomic E-state index is -0.896. The molecule has 0 atom stereocenters. The number of hydrogen-bond donors (Lipinski definition) is 1. The Kier molecular flexibility index (Phi) is 2.95. The summed E-state index contributed by atoms with van der Waals surface area (Å²) in [6.45, 7) is 0. The molecule has 1 N–H and O–H groups in total. The Morgan fingerprint density at radius 3 is 2.69 bits per heavy atom. The molecule has 0 unspecified atom stereocenters. The zero-order valence-electron chi connectivity index (χ0n) is 9.14. The van der Waals surface area contributed by atoms with E-state index < -0.39 is 5.97 Å². The maximum absolute atomic E-state index is 10.8. The Bertz CT molecular complexity index is 431. The van der Waals surface area contributed by atoms with Gasteiger partial charge in [0.1, 0.15) is 5.75 Å². The van der Waals surface area contributed by atoms with E-state index in [0.717, 1.165) is 29.7 Å². The highest BCUT2D eigenvalue weighted by Gasteiger charge is 2.29. The highest BCUT2D eigenvalue weighted by molar-refractivity contribution is 5.92. The smallest absolute Gasteiger partial charge is 0.328 e. The predicted octanol–water partition coefficient (Wildman–Crippen LogP) is 2.57. The van der Waals surface area contributed by atoms with Crippen molar-refractivity contribution in [1.82, 2.24) is 0 Å². The van der Waals surface area contributed by atoms with E-state index in [1.54, 1.807) is 7.11 Å². The number of aliphatic carboxylic acids is 1.